The molecular formula is C41H88N6O6P2S2. The lowest BCUT2D eigenvalue weighted by molar-refractivity contribution is -0.117. The van der Waals surface area contributed by atoms with E-state index in [0.29, 0.717) is 87.6 Å². The minimum Gasteiger partial charge on any atom is -0.370 e. The first-order chi connectivity index (χ1) is 26.5. The Morgan fingerprint density at radius 2 is 0.947 bits per heavy atom. The highest BCUT2D eigenvalue weighted by atomic mass is 32.2. The molecule has 0 aromatic rings. The van der Waals surface area contributed by atoms with Crippen molar-refractivity contribution in [1.29, 1.82) is 0 Å². The van der Waals surface area contributed by atoms with Crippen LogP contribution in [-0.4, -0.2) is 135 Å². The summed E-state index contributed by atoms with van der Waals surface area (Å²) >= 11 is 2.44. The number of thioether (sulfide) groups is 2. The Kier molecular flexibility index (Phi) is 30.8. The van der Waals surface area contributed by atoms with Crippen LogP contribution in [0.5, 0.6) is 0 Å². The SMILES string of the molecule is CC(CNCC(C)N(C(C)C)P(OCCCOCSC(=O)C(C)(C)CN)N(C(C)C)C(C)C)C(=O)SCOCCCOP(N(C(C)C)C(C)C)N(C(C)C)C(C)C. The van der Waals surface area contributed by atoms with Gasteiger partial charge in [-0.25, -0.2) is 18.7 Å². The maximum Gasteiger partial charge on any atom is 0.198 e. The van der Waals surface area contributed by atoms with Crippen LogP contribution in [0.1, 0.15) is 137 Å². The van der Waals surface area contributed by atoms with Gasteiger partial charge in [0.2, 0.25) is 0 Å². The largest absolute Gasteiger partial charge is 0.370 e. The fraction of sp³-hybridized carbons (Fsp3) is 0.951. The van der Waals surface area contributed by atoms with Gasteiger partial charge in [0.05, 0.1) is 25.1 Å². The Hall–Kier alpha value is 0.500. The van der Waals surface area contributed by atoms with E-state index in [4.69, 9.17) is 24.3 Å². The standard InChI is InChI=1S/C41H88N6O6P2S2/c1-30(2)44(31(3)4)54(45(32(5)6)33(7)8)52-23-19-21-50-28-56-39(48)37(15)25-43-26-38(16)47(36(13)14)55(46(34(9)10)35(11)12)53-24-20-22-51-29-57-40(49)41(17,18)27-42/h30-38,43H,19-29,42H2,1-18H3. The summed E-state index contributed by atoms with van der Waals surface area (Å²) in [5, 5.41) is 3.77. The van der Waals surface area contributed by atoms with E-state index in [1.807, 2.05) is 20.8 Å². The number of nitrogens with two attached hydrogens (primary N) is 1. The van der Waals surface area contributed by atoms with Crippen LogP contribution >= 0.6 is 40.4 Å². The van der Waals surface area contributed by atoms with E-state index in [2.05, 4.69) is 128 Å². The van der Waals surface area contributed by atoms with E-state index in [0.717, 1.165) is 19.4 Å². The molecule has 0 bridgehead atoms. The normalized spacial score (nSPS) is 14.9. The summed E-state index contributed by atoms with van der Waals surface area (Å²) in [6, 6.07) is 2.52. The predicted molar refractivity (Wildman–Crippen MR) is 249 cm³/mol. The molecule has 12 nitrogen and oxygen atoms in total. The summed E-state index contributed by atoms with van der Waals surface area (Å²) in [6.07, 6.45) is 1.51. The van der Waals surface area contributed by atoms with Gasteiger partial charge in [-0.1, -0.05) is 44.3 Å². The topological polar surface area (TPSA) is 122 Å². The van der Waals surface area contributed by atoms with E-state index < -0.39 is 22.3 Å². The van der Waals surface area contributed by atoms with Crippen LogP contribution in [0.4, 0.5) is 0 Å². The van der Waals surface area contributed by atoms with E-state index in [1.165, 1.54) is 23.5 Å². The lowest BCUT2D eigenvalue weighted by atomic mass is 9.96. The number of ether oxygens (including phenoxy) is 2. The Morgan fingerprint density at radius 1 is 0.579 bits per heavy atom. The molecule has 0 aromatic heterocycles. The Labute approximate surface area is 362 Å². The Bertz CT molecular complexity index is 1030. The van der Waals surface area contributed by atoms with Gasteiger partial charge in [0.1, 0.15) is 0 Å². The van der Waals surface area contributed by atoms with E-state index in [9.17, 15) is 9.59 Å². The number of rotatable bonds is 33. The molecule has 0 rings (SSSR count). The van der Waals surface area contributed by atoms with Crippen LogP contribution in [-0.2, 0) is 28.1 Å². The van der Waals surface area contributed by atoms with Gasteiger partial charge in [0.15, 0.2) is 27.1 Å². The van der Waals surface area contributed by atoms with Crippen LogP contribution in [0.25, 0.3) is 0 Å². The highest BCUT2D eigenvalue weighted by Crippen LogP contribution is 2.52. The molecule has 3 unspecified atom stereocenters. The second kappa shape index (κ2) is 30.5. The molecule has 0 aliphatic rings. The molecule has 0 saturated heterocycles. The van der Waals surface area contributed by atoms with Crippen molar-refractivity contribution in [2.75, 3.05) is 57.9 Å². The summed E-state index contributed by atoms with van der Waals surface area (Å²) < 4.78 is 34.9. The van der Waals surface area contributed by atoms with Crippen molar-refractivity contribution in [3.8, 4) is 0 Å². The van der Waals surface area contributed by atoms with Crippen LogP contribution in [0, 0.1) is 11.3 Å². The second-order valence-electron chi connectivity index (χ2n) is 17.5. The third kappa shape index (κ3) is 21.9. The number of nitrogens with zero attached hydrogens (tertiary/aromatic N) is 4. The first-order valence-electron chi connectivity index (χ1n) is 21.4. The van der Waals surface area contributed by atoms with Gasteiger partial charge in [-0.3, -0.25) is 9.59 Å². The third-order valence-electron chi connectivity index (χ3n) is 9.14. The zero-order valence-corrected chi connectivity index (χ0v) is 42.9. The first kappa shape index (κ1) is 57.5. The van der Waals surface area contributed by atoms with Crippen molar-refractivity contribution in [1.82, 2.24) is 24.0 Å². The summed E-state index contributed by atoms with van der Waals surface area (Å²) in [4.78, 5) is 25.4. The van der Waals surface area contributed by atoms with Crippen LogP contribution in [0.15, 0.2) is 0 Å². The monoisotopic (exact) mass is 887 g/mol. The van der Waals surface area contributed by atoms with Gasteiger partial charge in [-0.15, -0.1) is 0 Å². The third-order valence-corrected chi connectivity index (χ3v) is 17.2. The van der Waals surface area contributed by atoms with Crippen LogP contribution in [0.2, 0.25) is 0 Å². The minimum atomic E-state index is -1.08. The van der Waals surface area contributed by atoms with Gasteiger partial charge >= 0.3 is 0 Å². The molecule has 0 aromatic carbocycles. The molecule has 340 valence electrons. The quantitative estimate of drug-likeness (QED) is 0.0370. The maximum atomic E-state index is 13.0. The van der Waals surface area contributed by atoms with Crippen molar-refractivity contribution in [3.63, 3.8) is 0 Å². The van der Waals surface area contributed by atoms with Gasteiger partial charge in [0.25, 0.3) is 0 Å². The Morgan fingerprint density at radius 3 is 1.32 bits per heavy atom. The highest BCUT2D eigenvalue weighted by Gasteiger charge is 2.36. The van der Waals surface area contributed by atoms with Gasteiger partial charge in [-0.05, 0) is 117 Å². The maximum absolute atomic E-state index is 13.0. The smallest absolute Gasteiger partial charge is 0.198 e. The van der Waals surface area contributed by atoms with Gasteiger partial charge in [-0.2, -0.15) is 0 Å². The summed E-state index contributed by atoms with van der Waals surface area (Å²) in [5.74, 6) is 0.522. The molecule has 16 heteroatoms. The van der Waals surface area contributed by atoms with Gasteiger partial charge < -0.3 is 29.6 Å². The zero-order chi connectivity index (χ0) is 44.0. The highest BCUT2D eigenvalue weighted by molar-refractivity contribution is 8.13. The molecule has 0 aliphatic heterocycles. The number of hydrogen-bond donors (Lipinski definition) is 2. The molecule has 0 amide bonds. The predicted octanol–water partition coefficient (Wildman–Crippen LogP) is 9.39. The van der Waals surface area contributed by atoms with Crippen LogP contribution < -0.4 is 11.1 Å². The number of carbonyl (C=O) groups excluding carboxylic acids is 2. The fourth-order valence-corrected chi connectivity index (χ4v) is 12.6. The average Bonchev–Trinajstić information content (AvgIpc) is 3.09. The summed E-state index contributed by atoms with van der Waals surface area (Å²) in [5.41, 5.74) is 5.19. The molecule has 0 saturated carbocycles. The van der Waals surface area contributed by atoms with E-state index in [-0.39, 0.29) is 28.2 Å². The molecule has 0 radical (unpaired) electrons. The molecule has 0 fully saturated rings. The molecule has 0 heterocycles. The molecule has 57 heavy (non-hydrogen) atoms. The Balaban J connectivity index is 5.05. The van der Waals surface area contributed by atoms with Gasteiger partial charge in [0, 0.05) is 92.5 Å². The lowest BCUT2D eigenvalue weighted by Gasteiger charge is -2.46. The first-order valence-corrected chi connectivity index (χ1v) is 25.7. The fourth-order valence-electron chi connectivity index (χ4n) is 6.39. The van der Waals surface area contributed by atoms with Crippen LogP contribution in [0.3, 0.4) is 0 Å². The minimum absolute atomic E-state index is 0.0495. The number of nitrogens with one attached hydrogen (secondary N) is 1. The molecule has 3 atom stereocenters. The molecule has 0 aliphatic carbocycles. The number of hydrogen-bond acceptors (Lipinski definition) is 14. The molecular weight excluding hydrogens is 799 g/mol. The van der Waals surface area contributed by atoms with Crippen molar-refractivity contribution >= 4 is 50.7 Å². The zero-order valence-electron chi connectivity index (χ0n) is 39.5. The average molecular weight is 887 g/mol. The van der Waals surface area contributed by atoms with Crippen molar-refractivity contribution < 1.29 is 28.1 Å². The van der Waals surface area contributed by atoms with E-state index >= 15 is 0 Å². The summed E-state index contributed by atoms with van der Waals surface area (Å²) in [7, 11) is -2.00. The van der Waals surface area contributed by atoms with Crippen molar-refractivity contribution in [3.05, 3.63) is 0 Å². The van der Waals surface area contributed by atoms with Crippen molar-refractivity contribution in [2.24, 2.45) is 17.1 Å². The lowest BCUT2D eigenvalue weighted by Crippen LogP contribution is -2.47. The molecule has 0 spiro atoms. The van der Waals surface area contributed by atoms with E-state index in [1.54, 1.807) is 0 Å². The van der Waals surface area contributed by atoms with Crippen molar-refractivity contribution in [2.45, 2.75) is 186 Å². The molecule has 3 N–H and O–H groups in total. The summed E-state index contributed by atoms with van der Waals surface area (Å²) in [6.45, 7) is 43.1. The number of carbonyl (C=O) groups is 2. The second-order valence-corrected chi connectivity index (χ2v) is 22.7.